The Morgan fingerprint density at radius 2 is 2.21 bits per heavy atom. The van der Waals surface area contributed by atoms with Gasteiger partial charge in [0.05, 0.1) is 12.0 Å². The van der Waals surface area contributed by atoms with Crippen molar-refractivity contribution in [3.05, 3.63) is 30.1 Å². The third-order valence-electron chi connectivity index (χ3n) is 4.81. The maximum atomic E-state index is 12.6. The lowest BCUT2D eigenvalue weighted by molar-refractivity contribution is -0.141. The second-order valence-corrected chi connectivity index (χ2v) is 6.52. The Bertz CT molecular complexity index is 549. The first kappa shape index (κ1) is 18.4. The van der Waals surface area contributed by atoms with Crippen LogP contribution in [0.5, 0.6) is 0 Å². The highest BCUT2D eigenvalue weighted by atomic mass is 16.2. The van der Waals surface area contributed by atoms with Crippen LogP contribution in [-0.2, 0) is 16.0 Å². The van der Waals surface area contributed by atoms with Crippen molar-refractivity contribution in [3.8, 4) is 0 Å². The maximum Gasteiger partial charge on any atom is 0.236 e. The number of rotatable bonds is 7. The molecular formula is C18H28N4O2. The van der Waals surface area contributed by atoms with Crippen LogP contribution >= 0.6 is 0 Å². The van der Waals surface area contributed by atoms with Crippen LogP contribution in [0, 0.1) is 5.41 Å². The highest BCUT2D eigenvalue weighted by Gasteiger charge is 2.42. The molecule has 132 valence electrons. The van der Waals surface area contributed by atoms with Crippen molar-refractivity contribution in [3.63, 3.8) is 0 Å². The van der Waals surface area contributed by atoms with Gasteiger partial charge in [-0.1, -0.05) is 6.07 Å². The summed E-state index contributed by atoms with van der Waals surface area (Å²) in [6.07, 6.45) is 7.94. The van der Waals surface area contributed by atoms with E-state index in [9.17, 15) is 9.59 Å². The molecule has 2 N–H and O–H groups in total. The molecule has 1 fully saturated rings. The van der Waals surface area contributed by atoms with Gasteiger partial charge in [-0.05, 0) is 50.8 Å². The van der Waals surface area contributed by atoms with Gasteiger partial charge in [-0.25, -0.2) is 0 Å². The van der Waals surface area contributed by atoms with E-state index in [2.05, 4.69) is 21.7 Å². The topological polar surface area (TPSA) is 74.3 Å². The summed E-state index contributed by atoms with van der Waals surface area (Å²) in [5, 5.41) is 5.71. The number of carbonyl (C=O) groups is 2. The summed E-state index contributed by atoms with van der Waals surface area (Å²) in [6, 6.07) is 3.99. The van der Waals surface area contributed by atoms with Gasteiger partial charge in [-0.2, -0.15) is 0 Å². The average Bonchev–Trinajstić information content (AvgIpc) is 2.62. The molecule has 1 saturated heterocycles. The number of amides is 2. The van der Waals surface area contributed by atoms with Crippen LogP contribution in [0.3, 0.4) is 0 Å². The Balaban J connectivity index is 2.02. The van der Waals surface area contributed by atoms with Crippen molar-refractivity contribution in [2.75, 3.05) is 33.7 Å². The highest BCUT2D eigenvalue weighted by molar-refractivity contribution is 5.84. The van der Waals surface area contributed by atoms with Crippen molar-refractivity contribution < 1.29 is 9.59 Å². The standard InChI is InChI=1S/C18H28N4O2/c1-19-13-16(23)22-11-5-9-18(14-22,17(24)20-2)8-3-6-15-7-4-10-21-12-15/h4,7,10,12,19H,3,5-6,8-9,11,13-14H2,1-2H3,(H,20,24)/t18-/m0/s1. The summed E-state index contributed by atoms with van der Waals surface area (Å²) < 4.78 is 0. The van der Waals surface area contributed by atoms with Crippen LogP contribution in [0.2, 0.25) is 0 Å². The van der Waals surface area contributed by atoms with Gasteiger partial charge >= 0.3 is 0 Å². The molecule has 6 heteroatoms. The molecule has 2 amide bonds. The molecule has 6 nitrogen and oxygen atoms in total. The quantitative estimate of drug-likeness (QED) is 0.780. The third kappa shape index (κ3) is 4.54. The molecule has 1 atom stereocenters. The molecule has 0 saturated carbocycles. The Kier molecular flexibility index (Phi) is 6.73. The molecule has 1 aromatic heterocycles. The third-order valence-corrected chi connectivity index (χ3v) is 4.81. The number of carbonyl (C=O) groups excluding carboxylic acids is 2. The lowest BCUT2D eigenvalue weighted by Gasteiger charge is -2.41. The van der Waals surface area contributed by atoms with Crippen molar-refractivity contribution in [1.82, 2.24) is 20.5 Å². The molecule has 0 bridgehead atoms. The van der Waals surface area contributed by atoms with Crippen molar-refractivity contribution in [2.24, 2.45) is 5.41 Å². The fraction of sp³-hybridized carbons (Fsp3) is 0.611. The molecule has 1 aliphatic heterocycles. The first-order valence-corrected chi connectivity index (χ1v) is 8.65. The second-order valence-electron chi connectivity index (χ2n) is 6.52. The van der Waals surface area contributed by atoms with Crippen molar-refractivity contribution in [1.29, 1.82) is 0 Å². The summed E-state index contributed by atoms with van der Waals surface area (Å²) in [4.78, 5) is 30.8. The van der Waals surface area contributed by atoms with Crippen LogP contribution in [0.1, 0.15) is 31.2 Å². The number of likely N-dealkylation sites (tertiary alicyclic amines) is 1. The summed E-state index contributed by atoms with van der Waals surface area (Å²) in [6.45, 7) is 1.57. The Labute approximate surface area is 144 Å². The summed E-state index contributed by atoms with van der Waals surface area (Å²) in [5.41, 5.74) is 0.710. The van der Waals surface area contributed by atoms with Gasteiger partial charge in [0.15, 0.2) is 0 Å². The minimum Gasteiger partial charge on any atom is -0.359 e. The van der Waals surface area contributed by atoms with Crippen LogP contribution in [0.15, 0.2) is 24.5 Å². The predicted octanol–water partition coefficient (Wildman–Crippen LogP) is 0.978. The van der Waals surface area contributed by atoms with Crippen LogP contribution in [0.25, 0.3) is 0 Å². The molecular weight excluding hydrogens is 304 g/mol. The molecule has 24 heavy (non-hydrogen) atoms. The minimum atomic E-state index is -0.474. The molecule has 2 rings (SSSR count). The van der Waals surface area contributed by atoms with E-state index in [4.69, 9.17) is 0 Å². The first-order valence-electron chi connectivity index (χ1n) is 8.65. The van der Waals surface area contributed by atoms with E-state index in [1.54, 1.807) is 20.3 Å². The molecule has 1 aromatic rings. The molecule has 0 unspecified atom stereocenters. The average molecular weight is 332 g/mol. The van der Waals surface area contributed by atoms with Gasteiger partial charge in [-0.15, -0.1) is 0 Å². The van der Waals surface area contributed by atoms with Gasteiger partial charge in [0, 0.05) is 32.5 Å². The van der Waals surface area contributed by atoms with Crippen LogP contribution in [0.4, 0.5) is 0 Å². The Morgan fingerprint density at radius 3 is 2.88 bits per heavy atom. The van der Waals surface area contributed by atoms with E-state index in [-0.39, 0.29) is 11.8 Å². The summed E-state index contributed by atoms with van der Waals surface area (Å²) in [7, 11) is 3.45. The number of hydrogen-bond donors (Lipinski definition) is 2. The number of piperidine rings is 1. The number of pyridine rings is 1. The minimum absolute atomic E-state index is 0.0515. The predicted molar refractivity (Wildman–Crippen MR) is 93.4 cm³/mol. The SMILES string of the molecule is CNCC(=O)N1CCC[C@](CCCc2cccnc2)(C(=O)NC)C1. The Hall–Kier alpha value is -1.95. The molecule has 0 radical (unpaired) electrons. The van der Waals surface area contributed by atoms with Crippen LogP contribution < -0.4 is 10.6 Å². The van der Waals surface area contributed by atoms with Crippen molar-refractivity contribution in [2.45, 2.75) is 32.1 Å². The summed E-state index contributed by atoms with van der Waals surface area (Å²) in [5.74, 6) is 0.119. The largest absolute Gasteiger partial charge is 0.359 e. The Morgan fingerprint density at radius 1 is 1.38 bits per heavy atom. The summed E-state index contributed by atoms with van der Waals surface area (Å²) >= 11 is 0. The van der Waals surface area contributed by atoms with E-state index in [1.807, 2.05) is 17.2 Å². The van der Waals surface area contributed by atoms with Crippen LogP contribution in [-0.4, -0.2) is 55.4 Å². The molecule has 1 aliphatic rings. The van der Waals surface area contributed by atoms with Gasteiger partial charge in [-0.3, -0.25) is 14.6 Å². The van der Waals surface area contributed by atoms with E-state index in [0.29, 0.717) is 13.1 Å². The van der Waals surface area contributed by atoms with E-state index < -0.39 is 5.41 Å². The zero-order chi connectivity index (χ0) is 17.4. The number of hydrogen-bond acceptors (Lipinski definition) is 4. The zero-order valence-corrected chi connectivity index (χ0v) is 14.7. The number of likely N-dealkylation sites (N-methyl/N-ethyl adjacent to an activating group) is 1. The lowest BCUT2D eigenvalue weighted by Crippen LogP contribution is -2.54. The lowest BCUT2D eigenvalue weighted by atomic mass is 9.74. The maximum absolute atomic E-state index is 12.6. The van der Waals surface area contributed by atoms with E-state index >= 15 is 0 Å². The highest BCUT2D eigenvalue weighted by Crippen LogP contribution is 2.35. The molecule has 0 aromatic carbocycles. The van der Waals surface area contributed by atoms with Gasteiger partial charge in [0.25, 0.3) is 0 Å². The number of aromatic nitrogens is 1. The molecule has 0 aliphatic carbocycles. The number of aryl methyl sites for hydroxylation is 1. The first-order chi connectivity index (χ1) is 11.6. The molecule has 2 heterocycles. The zero-order valence-electron chi connectivity index (χ0n) is 14.7. The fourth-order valence-electron chi connectivity index (χ4n) is 3.55. The molecule has 0 spiro atoms. The monoisotopic (exact) mass is 332 g/mol. The second kappa shape index (κ2) is 8.78. The van der Waals surface area contributed by atoms with Crippen molar-refractivity contribution >= 4 is 11.8 Å². The smallest absolute Gasteiger partial charge is 0.236 e. The fourth-order valence-corrected chi connectivity index (χ4v) is 3.55. The van der Waals surface area contributed by atoms with E-state index in [0.717, 1.165) is 38.6 Å². The van der Waals surface area contributed by atoms with Gasteiger partial charge in [0.2, 0.25) is 11.8 Å². The van der Waals surface area contributed by atoms with Gasteiger partial charge in [0.1, 0.15) is 0 Å². The van der Waals surface area contributed by atoms with Gasteiger partial charge < -0.3 is 15.5 Å². The number of nitrogens with one attached hydrogen (secondary N) is 2. The normalized spacial score (nSPS) is 20.7. The van der Waals surface area contributed by atoms with E-state index in [1.165, 1.54) is 5.56 Å². The number of nitrogens with zero attached hydrogens (tertiary/aromatic N) is 2.